The van der Waals surface area contributed by atoms with Gasteiger partial charge in [-0.2, -0.15) is 5.10 Å². The molecule has 6 heteroatoms. The van der Waals surface area contributed by atoms with Gasteiger partial charge < -0.3 is 10.2 Å². The fourth-order valence-electron chi connectivity index (χ4n) is 3.59. The van der Waals surface area contributed by atoms with Crippen molar-refractivity contribution in [3.05, 3.63) is 58.0 Å². The summed E-state index contributed by atoms with van der Waals surface area (Å²) in [4.78, 5) is 27.4. The summed E-state index contributed by atoms with van der Waals surface area (Å²) in [6.07, 6.45) is 2.24. The predicted octanol–water partition coefficient (Wildman–Crippen LogP) is 2.39. The van der Waals surface area contributed by atoms with Crippen LogP contribution in [0.15, 0.2) is 41.2 Å². The number of hydrogen-bond acceptors (Lipinski definition) is 4. The molecule has 1 aromatic carbocycles. The number of likely N-dealkylation sites (tertiary alicyclic amines) is 1. The normalized spacial score (nSPS) is 17.9. The van der Waals surface area contributed by atoms with E-state index in [1.807, 2.05) is 37.3 Å². The Morgan fingerprint density at radius 2 is 2.04 bits per heavy atom. The smallest absolute Gasteiger partial charge is 0.275 e. The lowest BCUT2D eigenvalue weighted by atomic mass is 9.97. The molecule has 2 heterocycles. The molecule has 144 valence electrons. The predicted molar refractivity (Wildman–Crippen MR) is 106 cm³/mol. The molecular weight excluding hydrogens is 340 g/mol. The molecule has 1 aliphatic rings. The van der Waals surface area contributed by atoms with E-state index in [1.54, 1.807) is 4.68 Å². The van der Waals surface area contributed by atoms with Gasteiger partial charge in [0.2, 0.25) is 5.43 Å². The van der Waals surface area contributed by atoms with Gasteiger partial charge in [0.05, 0.1) is 5.69 Å². The lowest BCUT2D eigenvalue weighted by Crippen LogP contribution is -2.44. The third kappa shape index (κ3) is 4.63. The first-order valence-corrected chi connectivity index (χ1v) is 9.64. The van der Waals surface area contributed by atoms with Gasteiger partial charge in [0.15, 0.2) is 5.69 Å². The van der Waals surface area contributed by atoms with Crippen LogP contribution in [-0.4, -0.2) is 46.3 Å². The van der Waals surface area contributed by atoms with E-state index in [1.165, 1.54) is 6.07 Å². The Morgan fingerprint density at radius 3 is 2.74 bits per heavy atom. The average Bonchev–Trinajstić information content (AvgIpc) is 2.67. The van der Waals surface area contributed by atoms with Gasteiger partial charge in [-0.05, 0) is 58.2 Å². The number of aryl methyl sites for hydroxylation is 1. The monoisotopic (exact) mass is 368 g/mol. The van der Waals surface area contributed by atoms with Crippen molar-refractivity contribution in [3.63, 3.8) is 0 Å². The zero-order valence-corrected chi connectivity index (χ0v) is 16.3. The molecule has 0 bridgehead atoms. The highest BCUT2D eigenvalue weighted by Crippen LogP contribution is 2.17. The second-order valence-electron chi connectivity index (χ2n) is 7.55. The number of aromatic nitrogens is 2. The summed E-state index contributed by atoms with van der Waals surface area (Å²) in [5.74, 6) is 0.0123. The lowest BCUT2D eigenvalue weighted by molar-refractivity contribution is 0.0915. The van der Waals surface area contributed by atoms with E-state index in [-0.39, 0.29) is 11.1 Å². The minimum absolute atomic E-state index is 0.0546. The summed E-state index contributed by atoms with van der Waals surface area (Å²) in [5, 5.41) is 7.26. The minimum Gasteiger partial charge on any atom is -0.350 e. The fraction of sp³-hybridized carbons (Fsp3) is 0.476. The van der Waals surface area contributed by atoms with Crippen molar-refractivity contribution in [2.75, 3.05) is 19.6 Å². The van der Waals surface area contributed by atoms with Crippen molar-refractivity contribution < 1.29 is 4.79 Å². The topological polar surface area (TPSA) is 67.2 Å². The summed E-state index contributed by atoms with van der Waals surface area (Å²) < 4.78 is 1.64. The Labute approximate surface area is 160 Å². The number of carbonyl (C=O) groups is 1. The van der Waals surface area contributed by atoms with E-state index < -0.39 is 5.91 Å². The number of para-hydroxylation sites is 1. The molecule has 6 nitrogen and oxygen atoms in total. The largest absolute Gasteiger partial charge is 0.350 e. The van der Waals surface area contributed by atoms with Crippen molar-refractivity contribution in [1.82, 2.24) is 20.0 Å². The first kappa shape index (κ1) is 19.3. The van der Waals surface area contributed by atoms with Gasteiger partial charge in [0.25, 0.3) is 5.91 Å². The maximum Gasteiger partial charge on any atom is 0.275 e. The van der Waals surface area contributed by atoms with Crippen LogP contribution in [0.1, 0.15) is 42.9 Å². The summed E-state index contributed by atoms with van der Waals surface area (Å²) in [6, 6.07) is 11.5. The van der Waals surface area contributed by atoms with E-state index in [9.17, 15) is 9.59 Å². The molecular formula is C21H28N4O2. The fourth-order valence-corrected chi connectivity index (χ4v) is 3.59. The lowest BCUT2D eigenvalue weighted by Gasteiger charge is -2.35. The molecule has 0 saturated carbocycles. The van der Waals surface area contributed by atoms with Crippen LogP contribution in [0.3, 0.4) is 0 Å². The van der Waals surface area contributed by atoms with Gasteiger partial charge in [-0.3, -0.25) is 9.59 Å². The van der Waals surface area contributed by atoms with E-state index in [0.717, 1.165) is 31.6 Å². The molecule has 1 amide bonds. The standard InChI is InChI=1S/C21H28N4O2/c1-15(2)24-11-7-8-17(14-24)13-22-21(27)20-19(26)12-16(3)25(23-20)18-9-5-4-6-10-18/h4-6,9-10,12,15,17H,7-8,11,13-14H2,1-3H3,(H,22,27)/t17-/m0/s1. The average molecular weight is 368 g/mol. The molecule has 1 atom stereocenters. The van der Waals surface area contributed by atoms with Crippen molar-refractivity contribution in [3.8, 4) is 5.69 Å². The Kier molecular flexibility index (Phi) is 6.06. The van der Waals surface area contributed by atoms with Gasteiger partial charge in [-0.15, -0.1) is 0 Å². The SMILES string of the molecule is Cc1cc(=O)c(C(=O)NC[C@@H]2CCCN(C(C)C)C2)nn1-c1ccccc1. The quantitative estimate of drug-likeness (QED) is 0.880. The highest BCUT2D eigenvalue weighted by Gasteiger charge is 2.23. The Hall–Kier alpha value is -2.47. The molecule has 1 saturated heterocycles. The van der Waals surface area contributed by atoms with Crippen LogP contribution in [0.4, 0.5) is 0 Å². The highest BCUT2D eigenvalue weighted by atomic mass is 16.2. The Morgan fingerprint density at radius 1 is 1.30 bits per heavy atom. The zero-order valence-electron chi connectivity index (χ0n) is 16.3. The number of nitrogens with one attached hydrogen (secondary N) is 1. The van der Waals surface area contributed by atoms with Crippen molar-refractivity contribution in [1.29, 1.82) is 0 Å². The van der Waals surface area contributed by atoms with E-state index in [0.29, 0.717) is 24.2 Å². The number of rotatable bonds is 5. The number of piperidine rings is 1. The summed E-state index contributed by atoms with van der Waals surface area (Å²) in [7, 11) is 0. The number of amides is 1. The van der Waals surface area contributed by atoms with Crippen LogP contribution in [0.25, 0.3) is 5.69 Å². The van der Waals surface area contributed by atoms with Gasteiger partial charge in [-0.25, -0.2) is 4.68 Å². The molecule has 2 aromatic rings. The maximum absolute atomic E-state index is 12.6. The van der Waals surface area contributed by atoms with Gasteiger partial charge in [0.1, 0.15) is 0 Å². The minimum atomic E-state index is -0.397. The Bertz CT molecular complexity index is 845. The van der Waals surface area contributed by atoms with E-state index in [2.05, 4.69) is 29.2 Å². The molecule has 3 rings (SSSR count). The van der Waals surface area contributed by atoms with Crippen LogP contribution in [-0.2, 0) is 0 Å². The van der Waals surface area contributed by atoms with Crippen LogP contribution < -0.4 is 10.7 Å². The molecule has 0 radical (unpaired) electrons. The molecule has 0 unspecified atom stereocenters. The van der Waals surface area contributed by atoms with Crippen molar-refractivity contribution >= 4 is 5.91 Å². The van der Waals surface area contributed by atoms with Crippen molar-refractivity contribution in [2.24, 2.45) is 5.92 Å². The first-order valence-electron chi connectivity index (χ1n) is 9.64. The third-order valence-corrected chi connectivity index (χ3v) is 5.16. The van der Waals surface area contributed by atoms with E-state index in [4.69, 9.17) is 0 Å². The molecule has 0 spiro atoms. The molecule has 0 aliphatic carbocycles. The molecule has 1 aliphatic heterocycles. The number of nitrogens with zero attached hydrogens (tertiary/aromatic N) is 3. The van der Waals surface area contributed by atoms with E-state index >= 15 is 0 Å². The summed E-state index contributed by atoms with van der Waals surface area (Å²) in [5.41, 5.74) is 1.12. The second kappa shape index (κ2) is 8.48. The van der Waals surface area contributed by atoms with Gasteiger partial charge >= 0.3 is 0 Å². The van der Waals surface area contributed by atoms with Gasteiger partial charge in [-0.1, -0.05) is 18.2 Å². The Balaban J connectivity index is 1.72. The molecule has 27 heavy (non-hydrogen) atoms. The molecule has 1 fully saturated rings. The highest BCUT2D eigenvalue weighted by molar-refractivity contribution is 5.92. The summed E-state index contributed by atoms with van der Waals surface area (Å²) in [6.45, 7) is 8.87. The maximum atomic E-state index is 12.6. The number of hydrogen-bond donors (Lipinski definition) is 1. The van der Waals surface area contributed by atoms with Crippen LogP contribution >= 0.6 is 0 Å². The number of carbonyl (C=O) groups excluding carboxylic acids is 1. The van der Waals surface area contributed by atoms with Crippen LogP contribution in [0.2, 0.25) is 0 Å². The van der Waals surface area contributed by atoms with Crippen molar-refractivity contribution in [2.45, 2.75) is 39.7 Å². The summed E-state index contributed by atoms with van der Waals surface area (Å²) >= 11 is 0. The molecule has 1 N–H and O–H groups in total. The van der Waals surface area contributed by atoms with Crippen LogP contribution in [0, 0.1) is 12.8 Å². The number of benzene rings is 1. The molecule has 1 aromatic heterocycles. The van der Waals surface area contributed by atoms with Gasteiger partial charge in [0, 0.05) is 30.9 Å². The second-order valence-corrected chi connectivity index (χ2v) is 7.55. The third-order valence-electron chi connectivity index (χ3n) is 5.16. The van der Waals surface area contributed by atoms with Crippen LogP contribution in [0.5, 0.6) is 0 Å². The zero-order chi connectivity index (χ0) is 19.4. The first-order chi connectivity index (χ1) is 13.0.